The smallest absolute Gasteiger partial charge is 0.244 e. The van der Waals surface area contributed by atoms with E-state index in [1.807, 2.05) is 0 Å². The number of halogens is 3. The summed E-state index contributed by atoms with van der Waals surface area (Å²) < 4.78 is 27.2. The van der Waals surface area contributed by atoms with E-state index in [4.69, 9.17) is 0 Å². The van der Waals surface area contributed by atoms with Crippen LogP contribution in [0.2, 0.25) is 0 Å². The maximum Gasteiger partial charge on any atom is 0.244 e. The highest BCUT2D eigenvalue weighted by Crippen LogP contribution is 2.41. The van der Waals surface area contributed by atoms with Gasteiger partial charge in [-0.2, -0.15) is 0 Å². The van der Waals surface area contributed by atoms with Gasteiger partial charge in [0.05, 0.1) is 5.92 Å². The maximum absolute atomic E-state index is 13.2. The van der Waals surface area contributed by atoms with Crippen LogP contribution in [0.5, 0.6) is 0 Å². The number of aliphatic hydroxyl groups is 1. The van der Waals surface area contributed by atoms with Crippen LogP contribution in [0.25, 0.3) is 0 Å². The summed E-state index contributed by atoms with van der Waals surface area (Å²) in [5, 5.41) is 10.8. The monoisotopic (exact) mass is 320 g/mol. The Morgan fingerprint density at radius 2 is 1.72 bits per heavy atom. The van der Waals surface area contributed by atoms with E-state index in [1.165, 1.54) is 0 Å². The quantitative estimate of drug-likeness (QED) is 0.841. The van der Waals surface area contributed by atoms with Crippen molar-refractivity contribution in [3.05, 3.63) is 34.3 Å². The molecule has 0 saturated carbocycles. The van der Waals surface area contributed by atoms with Crippen molar-refractivity contribution in [2.75, 3.05) is 0 Å². The number of rotatable bonds is 5. The van der Waals surface area contributed by atoms with E-state index in [0.717, 1.165) is 4.47 Å². The summed E-state index contributed by atoms with van der Waals surface area (Å²) in [6.07, 6.45) is -2.30. The molecule has 1 aromatic rings. The summed E-state index contributed by atoms with van der Waals surface area (Å²) in [6.45, 7) is 5.23. The van der Waals surface area contributed by atoms with Crippen LogP contribution >= 0.6 is 15.9 Å². The fourth-order valence-electron chi connectivity index (χ4n) is 2.37. The third-order valence-corrected chi connectivity index (χ3v) is 4.02. The maximum atomic E-state index is 13.2. The third-order valence-electron chi connectivity index (χ3n) is 3.50. The van der Waals surface area contributed by atoms with Gasteiger partial charge in [0.2, 0.25) is 6.43 Å². The van der Waals surface area contributed by atoms with Crippen molar-refractivity contribution in [3.8, 4) is 0 Å². The molecule has 0 bridgehead atoms. The van der Waals surface area contributed by atoms with Crippen molar-refractivity contribution in [2.24, 2.45) is 11.8 Å². The van der Waals surface area contributed by atoms with Gasteiger partial charge in [-0.1, -0.05) is 48.8 Å². The van der Waals surface area contributed by atoms with Gasteiger partial charge >= 0.3 is 0 Å². The minimum atomic E-state index is -2.54. The summed E-state index contributed by atoms with van der Waals surface area (Å²) in [7, 11) is 0. The van der Waals surface area contributed by atoms with E-state index in [1.54, 1.807) is 45.0 Å². The highest BCUT2D eigenvalue weighted by molar-refractivity contribution is 9.10. The van der Waals surface area contributed by atoms with Gasteiger partial charge in [-0.25, -0.2) is 8.78 Å². The lowest BCUT2D eigenvalue weighted by atomic mass is 9.72. The molecular formula is C14H19BrF2O. The zero-order valence-corrected chi connectivity index (χ0v) is 12.4. The molecule has 0 spiro atoms. The second-order valence-electron chi connectivity index (χ2n) is 4.84. The Hall–Kier alpha value is -0.480. The second kappa shape index (κ2) is 6.11. The summed E-state index contributed by atoms with van der Waals surface area (Å²) >= 11 is 3.30. The highest BCUT2D eigenvalue weighted by Gasteiger charge is 2.44. The van der Waals surface area contributed by atoms with Crippen molar-refractivity contribution < 1.29 is 13.9 Å². The second-order valence-corrected chi connectivity index (χ2v) is 5.75. The third kappa shape index (κ3) is 2.91. The molecule has 18 heavy (non-hydrogen) atoms. The normalized spacial score (nSPS) is 16.9. The molecule has 0 radical (unpaired) electrons. The first-order valence-corrected chi connectivity index (χ1v) is 6.89. The van der Waals surface area contributed by atoms with Gasteiger partial charge in [0.15, 0.2) is 0 Å². The van der Waals surface area contributed by atoms with E-state index in [9.17, 15) is 13.9 Å². The van der Waals surface area contributed by atoms with Crippen molar-refractivity contribution in [2.45, 2.75) is 39.2 Å². The molecule has 1 N–H and O–H groups in total. The van der Waals surface area contributed by atoms with Crippen LogP contribution in [0.3, 0.4) is 0 Å². The molecule has 1 rings (SSSR count). The van der Waals surface area contributed by atoms with Gasteiger partial charge in [-0.3, -0.25) is 0 Å². The molecule has 1 nitrogen and oxygen atoms in total. The molecule has 2 atom stereocenters. The summed E-state index contributed by atoms with van der Waals surface area (Å²) in [6, 6.07) is 6.94. The molecule has 0 aliphatic rings. The summed E-state index contributed by atoms with van der Waals surface area (Å²) in [5.74, 6) is -1.34. The number of hydrogen-bond acceptors (Lipinski definition) is 1. The zero-order chi connectivity index (χ0) is 13.9. The standard InChI is InChI=1S/C14H19BrF2O/c1-4-12(13(16)17)14(18,9(2)3)10-5-7-11(15)8-6-10/h5-9,12-13,18H,4H2,1-3H3. The molecule has 102 valence electrons. The van der Waals surface area contributed by atoms with E-state index in [-0.39, 0.29) is 12.3 Å². The van der Waals surface area contributed by atoms with E-state index in [2.05, 4.69) is 15.9 Å². The zero-order valence-electron chi connectivity index (χ0n) is 10.8. The number of hydrogen-bond donors (Lipinski definition) is 1. The molecule has 2 unspecified atom stereocenters. The fraction of sp³-hybridized carbons (Fsp3) is 0.571. The van der Waals surface area contributed by atoms with Gasteiger partial charge in [0, 0.05) is 4.47 Å². The van der Waals surface area contributed by atoms with Crippen LogP contribution in [0.1, 0.15) is 32.8 Å². The van der Waals surface area contributed by atoms with Gasteiger partial charge in [0.25, 0.3) is 0 Å². The SMILES string of the molecule is CCC(C(F)F)C(O)(c1ccc(Br)cc1)C(C)C. The molecule has 0 aliphatic heterocycles. The summed E-state index contributed by atoms with van der Waals surface area (Å²) in [4.78, 5) is 0. The first-order chi connectivity index (χ1) is 8.33. The van der Waals surface area contributed by atoms with Crippen LogP contribution in [0.4, 0.5) is 8.78 Å². The lowest BCUT2D eigenvalue weighted by Gasteiger charge is -2.39. The Kier molecular flexibility index (Phi) is 5.29. The van der Waals surface area contributed by atoms with Crippen molar-refractivity contribution in [1.82, 2.24) is 0 Å². The van der Waals surface area contributed by atoms with Crippen molar-refractivity contribution in [1.29, 1.82) is 0 Å². The largest absolute Gasteiger partial charge is 0.384 e. The van der Waals surface area contributed by atoms with Crippen LogP contribution in [-0.2, 0) is 5.60 Å². The van der Waals surface area contributed by atoms with Crippen molar-refractivity contribution in [3.63, 3.8) is 0 Å². The highest BCUT2D eigenvalue weighted by atomic mass is 79.9. The van der Waals surface area contributed by atoms with Crippen LogP contribution < -0.4 is 0 Å². The minimum Gasteiger partial charge on any atom is -0.384 e. The Labute approximate surface area is 115 Å². The first-order valence-electron chi connectivity index (χ1n) is 6.10. The predicted octanol–water partition coefficient (Wildman–Crippen LogP) is 4.58. The molecule has 0 aliphatic carbocycles. The fourth-order valence-corrected chi connectivity index (χ4v) is 2.64. The van der Waals surface area contributed by atoms with Crippen LogP contribution in [-0.4, -0.2) is 11.5 Å². The molecular weight excluding hydrogens is 302 g/mol. The Morgan fingerprint density at radius 1 is 1.22 bits per heavy atom. The lowest BCUT2D eigenvalue weighted by molar-refractivity contribution is -0.121. The molecule has 0 fully saturated rings. The van der Waals surface area contributed by atoms with Crippen molar-refractivity contribution >= 4 is 15.9 Å². The first kappa shape index (κ1) is 15.6. The van der Waals surface area contributed by atoms with Gasteiger partial charge in [-0.15, -0.1) is 0 Å². The molecule has 0 amide bonds. The molecule has 4 heteroatoms. The Balaban J connectivity index is 3.26. The predicted molar refractivity (Wildman–Crippen MR) is 72.7 cm³/mol. The summed E-state index contributed by atoms with van der Waals surface area (Å²) in [5.41, 5.74) is -0.947. The Morgan fingerprint density at radius 3 is 2.06 bits per heavy atom. The van der Waals surface area contributed by atoms with E-state index >= 15 is 0 Å². The van der Waals surface area contributed by atoms with Crippen LogP contribution in [0, 0.1) is 11.8 Å². The van der Waals surface area contributed by atoms with Gasteiger partial charge < -0.3 is 5.11 Å². The lowest BCUT2D eigenvalue weighted by Crippen LogP contribution is -2.43. The minimum absolute atomic E-state index is 0.239. The van der Waals surface area contributed by atoms with E-state index < -0.39 is 17.9 Å². The van der Waals surface area contributed by atoms with Gasteiger partial charge in [-0.05, 0) is 30.0 Å². The molecule has 0 heterocycles. The molecule has 0 saturated heterocycles. The van der Waals surface area contributed by atoms with E-state index in [0.29, 0.717) is 5.56 Å². The Bertz CT molecular complexity index is 378. The molecule has 1 aromatic carbocycles. The van der Waals surface area contributed by atoms with Gasteiger partial charge in [0.1, 0.15) is 5.60 Å². The number of benzene rings is 1. The topological polar surface area (TPSA) is 20.2 Å². The van der Waals surface area contributed by atoms with Crippen LogP contribution in [0.15, 0.2) is 28.7 Å². The molecule has 0 aromatic heterocycles. The number of alkyl halides is 2. The average Bonchev–Trinajstić information content (AvgIpc) is 2.29. The average molecular weight is 321 g/mol.